The SMILES string of the molecule is O=C(CCNC1=NCCN1)Nc1ccc(C[C@H](NC(=O)[C@@H]2CCCN2S(=O)(=O)c2ccccc2)C(=O)O)cc1. The molecule has 2 aliphatic heterocycles. The number of aliphatic carboxylic acids is 1. The van der Waals surface area contributed by atoms with E-state index in [0.29, 0.717) is 43.1 Å². The largest absolute Gasteiger partial charge is 0.480 e. The maximum Gasteiger partial charge on any atom is 0.326 e. The summed E-state index contributed by atoms with van der Waals surface area (Å²) in [5.74, 6) is -1.37. The maximum atomic E-state index is 13.1. The van der Waals surface area contributed by atoms with Gasteiger partial charge in [-0.25, -0.2) is 13.2 Å². The van der Waals surface area contributed by atoms with Crippen molar-refractivity contribution in [3.63, 3.8) is 0 Å². The van der Waals surface area contributed by atoms with E-state index in [-0.39, 0.29) is 30.2 Å². The molecule has 12 nitrogen and oxygen atoms in total. The van der Waals surface area contributed by atoms with E-state index in [9.17, 15) is 27.9 Å². The van der Waals surface area contributed by atoms with E-state index in [1.807, 2.05) is 0 Å². The molecule has 2 aliphatic rings. The van der Waals surface area contributed by atoms with Crippen LogP contribution < -0.4 is 21.3 Å². The van der Waals surface area contributed by atoms with Crippen molar-refractivity contribution in [3.05, 3.63) is 60.2 Å². The third-order valence-electron chi connectivity index (χ3n) is 6.47. The molecule has 2 heterocycles. The molecule has 2 atom stereocenters. The highest BCUT2D eigenvalue weighted by molar-refractivity contribution is 7.89. The summed E-state index contributed by atoms with van der Waals surface area (Å²) in [5, 5.41) is 21.2. The van der Waals surface area contributed by atoms with E-state index < -0.39 is 34.0 Å². The summed E-state index contributed by atoms with van der Waals surface area (Å²) in [6.07, 6.45) is 1.04. The van der Waals surface area contributed by atoms with Gasteiger partial charge in [-0.2, -0.15) is 4.31 Å². The minimum absolute atomic E-state index is 0.00745. The monoisotopic (exact) mass is 556 g/mol. The molecule has 0 saturated carbocycles. The molecular formula is C26H32N6O6S. The lowest BCUT2D eigenvalue weighted by atomic mass is 10.0. The number of nitrogens with zero attached hydrogens (tertiary/aromatic N) is 2. The van der Waals surface area contributed by atoms with Crippen LogP contribution in [0.4, 0.5) is 5.69 Å². The maximum absolute atomic E-state index is 13.1. The third-order valence-corrected chi connectivity index (χ3v) is 8.39. The normalized spacial score (nSPS) is 18.1. The molecule has 208 valence electrons. The first kappa shape index (κ1) is 28.0. The Balaban J connectivity index is 1.32. The summed E-state index contributed by atoms with van der Waals surface area (Å²) in [4.78, 5) is 41.5. The lowest BCUT2D eigenvalue weighted by molar-refractivity contribution is -0.142. The Hall–Kier alpha value is -3.97. The van der Waals surface area contributed by atoms with Crippen molar-refractivity contribution in [3.8, 4) is 0 Å². The van der Waals surface area contributed by atoms with Gasteiger partial charge in [0.15, 0.2) is 5.96 Å². The Morgan fingerprint density at radius 3 is 2.51 bits per heavy atom. The number of rotatable bonds is 11. The Morgan fingerprint density at radius 1 is 1.10 bits per heavy atom. The second kappa shape index (κ2) is 12.7. The topological polar surface area (TPSA) is 169 Å². The van der Waals surface area contributed by atoms with E-state index in [2.05, 4.69) is 26.3 Å². The highest BCUT2D eigenvalue weighted by Crippen LogP contribution is 2.26. The van der Waals surface area contributed by atoms with Gasteiger partial charge in [-0.3, -0.25) is 14.6 Å². The number of amides is 2. The lowest BCUT2D eigenvalue weighted by Gasteiger charge is -2.25. The van der Waals surface area contributed by atoms with Crippen LogP contribution in [0.3, 0.4) is 0 Å². The van der Waals surface area contributed by atoms with Crippen molar-refractivity contribution in [2.45, 2.75) is 42.7 Å². The van der Waals surface area contributed by atoms with Crippen molar-refractivity contribution in [1.29, 1.82) is 0 Å². The molecule has 2 aromatic carbocycles. The molecule has 0 radical (unpaired) electrons. The minimum Gasteiger partial charge on any atom is -0.480 e. The summed E-state index contributed by atoms with van der Waals surface area (Å²) in [5.41, 5.74) is 1.19. The molecule has 0 unspecified atom stereocenters. The Kier molecular flexibility index (Phi) is 9.15. The van der Waals surface area contributed by atoms with Gasteiger partial charge < -0.3 is 26.4 Å². The zero-order valence-electron chi connectivity index (χ0n) is 21.3. The fraction of sp³-hybridized carbons (Fsp3) is 0.385. The van der Waals surface area contributed by atoms with Crippen molar-refractivity contribution in [1.82, 2.24) is 20.3 Å². The molecule has 0 aliphatic carbocycles. The number of benzene rings is 2. The number of nitrogens with one attached hydrogen (secondary N) is 4. The van der Waals surface area contributed by atoms with Crippen LogP contribution in [0.1, 0.15) is 24.8 Å². The quantitative estimate of drug-likeness (QED) is 0.267. The van der Waals surface area contributed by atoms with Gasteiger partial charge in [-0.1, -0.05) is 30.3 Å². The highest BCUT2D eigenvalue weighted by Gasteiger charge is 2.40. The molecule has 1 saturated heterocycles. The molecule has 13 heteroatoms. The van der Waals surface area contributed by atoms with Gasteiger partial charge in [-0.15, -0.1) is 0 Å². The van der Waals surface area contributed by atoms with E-state index in [1.54, 1.807) is 42.5 Å². The van der Waals surface area contributed by atoms with Crippen LogP contribution in [-0.4, -0.2) is 79.8 Å². The second-order valence-electron chi connectivity index (χ2n) is 9.27. The first-order valence-corrected chi connectivity index (χ1v) is 14.2. The van der Waals surface area contributed by atoms with Gasteiger partial charge in [-0.05, 0) is 42.7 Å². The van der Waals surface area contributed by atoms with Crippen molar-refractivity contribution < 1.29 is 27.9 Å². The molecule has 0 spiro atoms. The standard InChI is InChI=1S/C26H32N6O6S/c33-23(12-13-27-26-28-14-15-29-26)30-19-10-8-18(9-11-19)17-21(25(35)36)31-24(34)22-7-4-16-32(22)39(37,38)20-5-2-1-3-6-20/h1-3,5-6,8-11,21-22H,4,7,12-17H2,(H,30,33)(H,31,34)(H,35,36)(H2,27,28,29)/t21-,22-/m0/s1. The van der Waals surface area contributed by atoms with Gasteiger partial charge in [0.2, 0.25) is 21.8 Å². The summed E-state index contributed by atoms with van der Waals surface area (Å²) in [6.45, 7) is 2.10. The van der Waals surface area contributed by atoms with Gasteiger partial charge in [0, 0.05) is 38.2 Å². The number of hydrogen-bond acceptors (Lipinski definition) is 8. The molecular weight excluding hydrogens is 524 g/mol. The van der Waals surface area contributed by atoms with Crippen molar-refractivity contribution >= 4 is 39.5 Å². The molecule has 4 rings (SSSR count). The zero-order valence-corrected chi connectivity index (χ0v) is 22.1. The Morgan fingerprint density at radius 2 is 1.85 bits per heavy atom. The molecule has 2 aromatic rings. The van der Waals surface area contributed by atoms with Crippen LogP contribution in [0.15, 0.2) is 64.5 Å². The lowest BCUT2D eigenvalue weighted by Crippen LogP contribution is -2.51. The van der Waals surface area contributed by atoms with E-state index in [1.165, 1.54) is 12.1 Å². The van der Waals surface area contributed by atoms with Crippen LogP contribution >= 0.6 is 0 Å². The molecule has 0 bridgehead atoms. The fourth-order valence-corrected chi connectivity index (χ4v) is 6.16. The van der Waals surface area contributed by atoms with Gasteiger partial charge >= 0.3 is 5.97 Å². The predicted octanol–water partition coefficient (Wildman–Crippen LogP) is 0.529. The number of hydrogen-bond donors (Lipinski definition) is 5. The average Bonchev–Trinajstić information content (AvgIpc) is 3.63. The molecule has 2 amide bonds. The van der Waals surface area contributed by atoms with Crippen LogP contribution in [0, 0.1) is 0 Å². The first-order valence-electron chi connectivity index (χ1n) is 12.7. The molecule has 5 N–H and O–H groups in total. The smallest absolute Gasteiger partial charge is 0.326 e. The Labute approximate surface area is 226 Å². The number of carbonyl (C=O) groups excluding carboxylic acids is 2. The van der Waals surface area contributed by atoms with E-state index in [0.717, 1.165) is 10.8 Å². The zero-order chi connectivity index (χ0) is 27.8. The van der Waals surface area contributed by atoms with E-state index >= 15 is 0 Å². The van der Waals surface area contributed by atoms with Crippen molar-refractivity contribution in [2.75, 3.05) is 31.5 Å². The molecule has 0 aromatic heterocycles. The summed E-state index contributed by atoms with van der Waals surface area (Å²) in [6, 6.07) is 12.3. The van der Waals surface area contributed by atoms with Crippen LogP contribution in [0.5, 0.6) is 0 Å². The van der Waals surface area contributed by atoms with E-state index in [4.69, 9.17) is 0 Å². The highest BCUT2D eigenvalue weighted by atomic mass is 32.2. The second-order valence-corrected chi connectivity index (χ2v) is 11.2. The van der Waals surface area contributed by atoms with Gasteiger partial charge in [0.25, 0.3) is 0 Å². The van der Waals surface area contributed by atoms with Crippen LogP contribution in [-0.2, 0) is 30.8 Å². The number of carbonyl (C=O) groups is 3. The summed E-state index contributed by atoms with van der Waals surface area (Å²) < 4.78 is 27.3. The number of sulfonamides is 1. The van der Waals surface area contributed by atoms with Crippen molar-refractivity contribution in [2.24, 2.45) is 4.99 Å². The number of anilines is 1. The fourth-order valence-electron chi connectivity index (χ4n) is 4.48. The number of guanidine groups is 1. The predicted molar refractivity (Wildman–Crippen MR) is 145 cm³/mol. The minimum atomic E-state index is -3.90. The summed E-state index contributed by atoms with van der Waals surface area (Å²) in [7, 11) is -3.90. The Bertz CT molecular complexity index is 1320. The van der Waals surface area contributed by atoms with Crippen LogP contribution in [0.2, 0.25) is 0 Å². The first-order chi connectivity index (χ1) is 18.7. The van der Waals surface area contributed by atoms with Gasteiger partial charge in [0.05, 0.1) is 11.4 Å². The summed E-state index contributed by atoms with van der Waals surface area (Å²) >= 11 is 0. The van der Waals surface area contributed by atoms with Crippen LogP contribution in [0.25, 0.3) is 0 Å². The number of carboxylic acid groups (broad SMARTS) is 1. The number of carboxylic acids is 1. The average molecular weight is 557 g/mol. The number of aliphatic imine (C=N–C) groups is 1. The molecule has 39 heavy (non-hydrogen) atoms. The van der Waals surface area contributed by atoms with Gasteiger partial charge in [0.1, 0.15) is 12.1 Å². The third kappa shape index (κ3) is 7.33. The molecule has 1 fully saturated rings.